The number of ether oxygens (including phenoxy) is 1. The van der Waals surface area contributed by atoms with Crippen LogP contribution in [0.2, 0.25) is 0 Å². The van der Waals surface area contributed by atoms with E-state index in [0.29, 0.717) is 24.8 Å². The Labute approximate surface area is 103 Å². The quantitative estimate of drug-likeness (QED) is 0.788. The Morgan fingerprint density at radius 3 is 2.65 bits per heavy atom. The van der Waals surface area contributed by atoms with Crippen molar-refractivity contribution in [3.63, 3.8) is 0 Å². The molecule has 0 aromatic carbocycles. The van der Waals surface area contributed by atoms with Crippen LogP contribution in [0.25, 0.3) is 0 Å². The predicted octanol–water partition coefficient (Wildman–Crippen LogP) is 1.59. The molecule has 17 heavy (non-hydrogen) atoms. The first kappa shape index (κ1) is 13.9. The zero-order chi connectivity index (χ0) is 12.8. The minimum atomic E-state index is -0.0542. The Hall–Kier alpha value is -1.13. The third-order valence-corrected chi connectivity index (χ3v) is 2.82. The van der Waals surface area contributed by atoms with Crippen molar-refractivity contribution in [1.82, 2.24) is 4.98 Å². The van der Waals surface area contributed by atoms with Crippen LogP contribution in [0, 0.1) is 5.92 Å². The van der Waals surface area contributed by atoms with Crippen LogP contribution in [0.4, 0.5) is 5.82 Å². The Balaban J connectivity index is 2.69. The molecule has 0 aliphatic heterocycles. The van der Waals surface area contributed by atoms with E-state index in [1.807, 2.05) is 19.1 Å². The first-order chi connectivity index (χ1) is 8.06. The normalized spacial score (nSPS) is 14.9. The number of nitrogens with zero attached hydrogens (tertiary/aromatic N) is 1. The second-order valence-corrected chi connectivity index (χ2v) is 4.58. The van der Waals surface area contributed by atoms with Crippen LogP contribution in [-0.4, -0.2) is 23.7 Å². The topological polar surface area (TPSA) is 74.2 Å². The molecule has 1 rings (SSSR count). The van der Waals surface area contributed by atoms with E-state index in [4.69, 9.17) is 16.2 Å². The Bertz CT molecular complexity index is 341. The van der Waals surface area contributed by atoms with E-state index in [0.717, 1.165) is 5.56 Å². The Morgan fingerprint density at radius 1 is 1.41 bits per heavy atom. The third kappa shape index (κ3) is 3.98. The molecule has 1 heterocycles. The lowest BCUT2D eigenvalue weighted by atomic mass is 9.95. The molecule has 0 amide bonds. The van der Waals surface area contributed by atoms with E-state index in [1.165, 1.54) is 0 Å². The number of hydrogen-bond acceptors (Lipinski definition) is 4. The summed E-state index contributed by atoms with van der Waals surface area (Å²) in [5, 5.41) is 0. The van der Waals surface area contributed by atoms with Crippen LogP contribution in [0.3, 0.4) is 0 Å². The van der Waals surface area contributed by atoms with E-state index in [9.17, 15) is 0 Å². The number of hydrogen-bond donors (Lipinski definition) is 2. The summed E-state index contributed by atoms with van der Waals surface area (Å²) < 4.78 is 5.69. The van der Waals surface area contributed by atoms with Crippen LogP contribution in [0.5, 0.6) is 0 Å². The molecule has 1 aromatic heterocycles. The van der Waals surface area contributed by atoms with Gasteiger partial charge in [0.05, 0.1) is 6.10 Å². The van der Waals surface area contributed by atoms with Gasteiger partial charge in [-0.3, -0.25) is 0 Å². The van der Waals surface area contributed by atoms with Crippen molar-refractivity contribution in [2.24, 2.45) is 11.7 Å². The van der Waals surface area contributed by atoms with Crippen molar-refractivity contribution in [3.8, 4) is 0 Å². The number of nitrogen functional groups attached to an aromatic ring is 1. The molecule has 0 radical (unpaired) electrons. The summed E-state index contributed by atoms with van der Waals surface area (Å²) in [6, 6.07) is 3.79. The molecule has 0 spiro atoms. The van der Waals surface area contributed by atoms with Gasteiger partial charge < -0.3 is 16.2 Å². The lowest BCUT2D eigenvalue weighted by Crippen LogP contribution is -2.42. The maximum Gasteiger partial charge on any atom is 0.126 e. The molecule has 4 heteroatoms. The third-order valence-electron chi connectivity index (χ3n) is 2.82. The van der Waals surface area contributed by atoms with Gasteiger partial charge in [0.25, 0.3) is 0 Å². The van der Waals surface area contributed by atoms with Gasteiger partial charge in [0.15, 0.2) is 0 Å². The van der Waals surface area contributed by atoms with Crippen LogP contribution < -0.4 is 11.5 Å². The first-order valence-corrected chi connectivity index (χ1v) is 6.12. The van der Waals surface area contributed by atoms with Gasteiger partial charge in [0.2, 0.25) is 0 Å². The smallest absolute Gasteiger partial charge is 0.126 e. The minimum absolute atomic E-state index is 0.0542. The molecular formula is C13H23N3O. The van der Waals surface area contributed by atoms with Gasteiger partial charge in [-0.2, -0.15) is 0 Å². The molecule has 0 saturated carbocycles. The molecule has 2 atom stereocenters. The van der Waals surface area contributed by atoms with Crippen LogP contribution >= 0.6 is 0 Å². The Morgan fingerprint density at radius 2 is 2.12 bits per heavy atom. The summed E-state index contributed by atoms with van der Waals surface area (Å²) in [4.78, 5) is 4.06. The number of pyridine rings is 1. The Kier molecular flexibility index (Phi) is 5.38. The van der Waals surface area contributed by atoms with Gasteiger partial charge >= 0.3 is 0 Å². The maximum atomic E-state index is 6.20. The van der Waals surface area contributed by atoms with Crippen molar-refractivity contribution in [2.45, 2.75) is 39.3 Å². The van der Waals surface area contributed by atoms with E-state index in [2.05, 4.69) is 18.8 Å². The lowest BCUT2D eigenvalue weighted by molar-refractivity contribution is 0.0128. The number of nitrogens with two attached hydrogens (primary N) is 2. The molecule has 4 nitrogen and oxygen atoms in total. The van der Waals surface area contributed by atoms with E-state index >= 15 is 0 Å². The van der Waals surface area contributed by atoms with Gasteiger partial charge in [0, 0.05) is 18.8 Å². The van der Waals surface area contributed by atoms with Gasteiger partial charge in [-0.05, 0) is 30.9 Å². The van der Waals surface area contributed by atoms with E-state index in [-0.39, 0.29) is 12.1 Å². The molecule has 0 fully saturated rings. The van der Waals surface area contributed by atoms with Gasteiger partial charge in [-0.1, -0.05) is 19.9 Å². The molecule has 0 aliphatic rings. The standard InChI is InChI=1S/C13H23N3O/c1-4-17-12(9(2)3)11(14)8-10-6-5-7-16-13(10)15/h5-7,9,11-12H,4,8,14H2,1-3H3,(H2,15,16). The number of aromatic nitrogens is 1. The average Bonchev–Trinajstić information content (AvgIpc) is 2.28. The van der Waals surface area contributed by atoms with E-state index in [1.54, 1.807) is 6.20 Å². The fourth-order valence-corrected chi connectivity index (χ4v) is 2.00. The highest BCUT2D eigenvalue weighted by Gasteiger charge is 2.22. The average molecular weight is 237 g/mol. The highest BCUT2D eigenvalue weighted by Crippen LogP contribution is 2.16. The monoisotopic (exact) mass is 237 g/mol. The molecule has 0 aliphatic carbocycles. The molecule has 1 aromatic rings. The fourth-order valence-electron chi connectivity index (χ4n) is 2.00. The van der Waals surface area contributed by atoms with Gasteiger partial charge in [-0.15, -0.1) is 0 Å². The summed E-state index contributed by atoms with van der Waals surface area (Å²) >= 11 is 0. The summed E-state index contributed by atoms with van der Waals surface area (Å²) in [5.74, 6) is 0.949. The molecule has 4 N–H and O–H groups in total. The second-order valence-electron chi connectivity index (χ2n) is 4.58. The molecule has 2 unspecified atom stereocenters. The van der Waals surface area contributed by atoms with Gasteiger partial charge in [0.1, 0.15) is 5.82 Å². The van der Waals surface area contributed by atoms with Crippen molar-refractivity contribution in [1.29, 1.82) is 0 Å². The number of rotatable bonds is 6. The highest BCUT2D eigenvalue weighted by molar-refractivity contribution is 5.38. The summed E-state index contributed by atoms with van der Waals surface area (Å²) in [6.07, 6.45) is 2.44. The van der Waals surface area contributed by atoms with E-state index < -0.39 is 0 Å². The SMILES string of the molecule is CCOC(C(C)C)C(N)Cc1cccnc1N. The van der Waals surface area contributed by atoms with Gasteiger partial charge in [-0.25, -0.2) is 4.98 Å². The summed E-state index contributed by atoms with van der Waals surface area (Å²) in [5.41, 5.74) is 13.0. The highest BCUT2D eigenvalue weighted by atomic mass is 16.5. The van der Waals surface area contributed by atoms with Crippen molar-refractivity contribution in [2.75, 3.05) is 12.3 Å². The van der Waals surface area contributed by atoms with Crippen LogP contribution in [0.15, 0.2) is 18.3 Å². The summed E-state index contributed by atoms with van der Waals surface area (Å²) in [6.45, 7) is 6.90. The molecule has 0 bridgehead atoms. The van der Waals surface area contributed by atoms with Crippen LogP contribution in [-0.2, 0) is 11.2 Å². The van der Waals surface area contributed by atoms with Crippen molar-refractivity contribution >= 4 is 5.82 Å². The molecular weight excluding hydrogens is 214 g/mol. The zero-order valence-corrected chi connectivity index (χ0v) is 10.9. The minimum Gasteiger partial charge on any atom is -0.383 e. The maximum absolute atomic E-state index is 6.20. The van der Waals surface area contributed by atoms with Crippen molar-refractivity contribution in [3.05, 3.63) is 23.9 Å². The fraction of sp³-hybridized carbons (Fsp3) is 0.615. The zero-order valence-electron chi connectivity index (χ0n) is 10.9. The first-order valence-electron chi connectivity index (χ1n) is 6.12. The lowest BCUT2D eigenvalue weighted by Gasteiger charge is -2.27. The van der Waals surface area contributed by atoms with Crippen LogP contribution in [0.1, 0.15) is 26.3 Å². The molecule has 0 saturated heterocycles. The largest absolute Gasteiger partial charge is 0.383 e. The predicted molar refractivity (Wildman–Crippen MR) is 70.6 cm³/mol. The van der Waals surface area contributed by atoms with Crippen molar-refractivity contribution < 1.29 is 4.74 Å². The second kappa shape index (κ2) is 6.57. The summed E-state index contributed by atoms with van der Waals surface area (Å²) in [7, 11) is 0. The number of anilines is 1. The molecule has 96 valence electrons.